The number of rotatable bonds is 4. The van der Waals surface area contributed by atoms with Gasteiger partial charge in [0.2, 0.25) is 0 Å². The number of nitro groups is 1. The molecule has 1 fully saturated rings. The highest BCUT2D eigenvalue weighted by Gasteiger charge is 2.24. The third-order valence-electron chi connectivity index (χ3n) is 2.59. The minimum absolute atomic E-state index is 0.200. The molecular formula is C9H18N4O3. The van der Waals surface area contributed by atoms with Gasteiger partial charge in [0.15, 0.2) is 5.03 Å². The first-order chi connectivity index (χ1) is 7.63. The van der Waals surface area contributed by atoms with Gasteiger partial charge in [-0.05, 0) is 20.3 Å². The van der Waals surface area contributed by atoms with Crippen molar-refractivity contribution in [3.8, 4) is 0 Å². The highest BCUT2D eigenvalue weighted by molar-refractivity contribution is 5.79. The van der Waals surface area contributed by atoms with E-state index in [-0.39, 0.29) is 12.1 Å². The highest BCUT2D eigenvalue weighted by atomic mass is 16.7. The second-order valence-corrected chi connectivity index (χ2v) is 3.72. The van der Waals surface area contributed by atoms with Crippen molar-refractivity contribution in [1.29, 1.82) is 0 Å². The van der Waals surface area contributed by atoms with Crippen LogP contribution >= 0.6 is 0 Å². The van der Waals surface area contributed by atoms with Crippen LogP contribution in [0, 0.1) is 16.0 Å². The van der Waals surface area contributed by atoms with Crippen molar-refractivity contribution in [2.24, 2.45) is 11.0 Å². The molecule has 0 aromatic rings. The van der Waals surface area contributed by atoms with E-state index in [1.807, 2.05) is 13.8 Å². The average molecular weight is 230 g/mol. The Hall–Kier alpha value is -1.37. The van der Waals surface area contributed by atoms with Crippen molar-refractivity contribution in [2.45, 2.75) is 26.4 Å². The van der Waals surface area contributed by atoms with Crippen molar-refractivity contribution < 1.29 is 9.77 Å². The van der Waals surface area contributed by atoms with Gasteiger partial charge >= 0.3 is 0 Å². The Labute approximate surface area is 94.4 Å². The summed E-state index contributed by atoms with van der Waals surface area (Å²) in [6.45, 7) is 5.86. The molecule has 2 N–H and O–H groups in total. The van der Waals surface area contributed by atoms with E-state index in [0.29, 0.717) is 19.0 Å². The van der Waals surface area contributed by atoms with E-state index in [2.05, 4.69) is 15.7 Å². The molecule has 2 atom stereocenters. The Morgan fingerprint density at radius 1 is 1.62 bits per heavy atom. The van der Waals surface area contributed by atoms with Gasteiger partial charge in [-0.15, -0.1) is 0 Å². The van der Waals surface area contributed by atoms with Crippen LogP contribution in [-0.4, -0.2) is 36.8 Å². The molecule has 7 nitrogen and oxygen atoms in total. The Morgan fingerprint density at radius 3 is 2.88 bits per heavy atom. The van der Waals surface area contributed by atoms with Crippen LogP contribution < -0.4 is 10.6 Å². The fourth-order valence-electron chi connectivity index (χ4n) is 1.65. The predicted molar refractivity (Wildman–Crippen MR) is 59.6 cm³/mol. The van der Waals surface area contributed by atoms with Crippen molar-refractivity contribution in [3.63, 3.8) is 0 Å². The van der Waals surface area contributed by atoms with Crippen LogP contribution in [-0.2, 0) is 4.74 Å². The number of ether oxygens (including phenoxy) is 1. The molecule has 0 amide bonds. The van der Waals surface area contributed by atoms with Crippen LogP contribution in [0.25, 0.3) is 0 Å². The molecule has 0 bridgehead atoms. The summed E-state index contributed by atoms with van der Waals surface area (Å²) in [7, 11) is 0. The van der Waals surface area contributed by atoms with E-state index in [4.69, 9.17) is 4.74 Å². The molecule has 0 spiro atoms. The minimum atomic E-state index is -0.709. The maximum absolute atomic E-state index is 10.3. The lowest BCUT2D eigenvalue weighted by molar-refractivity contribution is -0.485. The number of guanidine groups is 1. The van der Waals surface area contributed by atoms with Gasteiger partial charge in [0.1, 0.15) is 5.10 Å². The Kier molecular flexibility index (Phi) is 4.97. The first-order valence-corrected chi connectivity index (χ1v) is 5.45. The summed E-state index contributed by atoms with van der Waals surface area (Å²) in [4.78, 5) is 10.3. The molecule has 0 aromatic heterocycles. The lowest BCUT2D eigenvalue weighted by atomic mass is 10.0. The smallest absolute Gasteiger partial charge is 0.268 e. The Morgan fingerprint density at radius 2 is 2.38 bits per heavy atom. The second-order valence-electron chi connectivity index (χ2n) is 3.72. The summed E-state index contributed by atoms with van der Waals surface area (Å²) in [5.74, 6) is 0.599. The zero-order valence-corrected chi connectivity index (χ0v) is 9.60. The number of hydrogen-bond donors (Lipinski definition) is 2. The molecule has 1 rings (SSSR count). The van der Waals surface area contributed by atoms with Crippen LogP contribution in [0.1, 0.15) is 20.3 Å². The third-order valence-corrected chi connectivity index (χ3v) is 2.59. The van der Waals surface area contributed by atoms with E-state index in [9.17, 15) is 10.1 Å². The molecule has 0 saturated carbocycles. The fraction of sp³-hybridized carbons (Fsp3) is 0.889. The van der Waals surface area contributed by atoms with Gasteiger partial charge in [-0.3, -0.25) is 0 Å². The van der Waals surface area contributed by atoms with E-state index in [1.54, 1.807) is 0 Å². The molecular weight excluding hydrogens is 212 g/mol. The highest BCUT2D eigenvalue weighted by Crippen LogP contribution is 2.18. The van der Waals surface area contributed by atoms with Crippen molar-refractivity contribution in [2.75, 3.05) is 19.7 Å². The van der Waals surface area contributed by atoms with Crippen molar-refractivity contribution in [1.82, 2.24) is 10.6 Å². The zero-order valence-electron chi connectivity index (χ0n) is 9.60. The molecule has 1 aliphatic rings. The van der Waals surface area contributed by atoms with Gasteiger partial charge in [0.25, 0.3) is 5.96 Å². The van der Waals surface area contributed by atoms with Gasteiger partial charge in [-0.2, -0.15) is 0 Å². The van der Waals surface area contributed by atoms with E-state index >= 15 is 0 Å². The molecule has 1 aliphatic heterocycles. The standard InChI is InChI=1S/C9H18N4O3/c1-3-10-9(12-13(14)15)11-6-8-4-5-16-7(8)2/h7-8H,3-6H2,1-2H3,(H2,10,11,12). The van der Waals surface area contributed by atoms with Crippen molar-refractivity contribution in [3.05, 3.63) is 10.1 Å². The van der Waals surface area contributed by atoms with Crippen LogP contribution in [0.5, 0.6) is 0 Å². The third kappa shape index (κ3) is 4.01. The first kappa shape index (κ1) is 12.7. The molecule has 1 saturated heterocycles. The molecule has 1 heterocycles. The number of hydrazone groups is 1. The molecule has 0 aliphatic carbocycles. The van der Waals surface area contributed by atoms with Gasteiger partial charge in [-0.25, -0.2) is 10.1 Å². The quantitative estimate of drug-likeness (QED) is 0.311. The molecule has 92 valence electrons. The van der Waals surface area contributed by atoms with Gasteiger partial charge in [0, 0.05) is 25.6 Å². The Bertz CT molecular complexity index is 269. The van der Waals surface area contributed by atoms with Crippen LogP contribution in [0.4, 0.5) is 0 Å². The second kappa shape index (κ2) is 6.26. The SMILES string of the molecule is CCN/C(=N\[N+](=O)[O-])NCC1CCOC1C. The lowest BCUT2D eigenvalue weighted by Gasteiger charge is -2.15. The largest absolute Gasteiger partial charge is 0.378 e. The maximum atomic E-state index is 10.3. The molecule has 7 heteroatoms. The minimum Gasteiger partial charge on any atom is -0.378 e. The van der Waals surface area contributed by atoms with Gasteiger partial charge < -0.3 is 15.4 Å². The number of nitrogens with one attached hydrogen (secondary N) is 2. The maximum Gasteiger partial charge on any atom is 0.268 e. The van der Waals surface area contributed by atoms with E-state index in [0.717, 1.165) is 13.0 Å². The summed E-state index contributed by atoms with van der Waals surface area (Å²) < 4.78 is 5.40. The molecule has 2 unspecified atom stereocenters. The van der Waals surface area contributed by atoms with E-state index < -0.39 is 5.03 Å². The van der Waals surface area contributed by atoms with Gasteiger partial charge in [-0.1, -0.05) is 0 Å². The van der Waals surface area contributed by atoms with Crippen LogP contribution in [0.15, 0.2) is 5.10 Å². The molecule has 0 radical (unpaired) electrons. The predicted octanol–water partition coefficient (Wildman–Crippen LogP) is 0.158. The molecule has 0 aromatic carbocycles. The zero-order chi connectivity index (χ0) is 12.0. The van der Waals surface area contributed by atoms with Crippen LogP contribution in [0.3, 0.4) is 0 Å². The lowest BCUT2D eigenvalue weighted by Crippen LogP contribution is -2.41. The van der Waals surface area contributed by atoms with E-state index in [1.165, 1.54) is 0 Å². The Balaban J connectivity index is 2.40. The molecule has 16 heavy (non-hydrogen) atoms. The topological polar surface area (TPSA) is 88.8 Å². The fourth-order valence-corrected chi connectivity index (χ4v) is 1.65. The normalized spacial score (nSPS) is 25.5. The summed E-state index contributed by atoms with van der Waals surface area (Å²) in [6, 6.07) is 0. The number of hydrogen-bond acceptors (Lipinski definition) is 3. The number of nitrogens with zero attached hydrogens (tertiary/aromatic N) is 2. The van der Waals surface area contributed by atoms with Crippen molar-refractivity contribution >= 4 is 5.96 Å². The monoisotopic (exact) mass is 230 g/mol. The summed E-state index contributed by atoms with van der Waals surface area (Å²) >= 11 is 0. The van der Waals surface area contributed by atoms with Crippen LogP contribution in [0.2, 0.25) is 0 Å². The summed E-state index contributed by atoms with van der Waals surface area (Å²) in [5.41, 5.74) is 0. The first-order valence-electron chi connectivity index (χ1n) is 5.45. The van der Waals surface area contributed by atoms with Gasteiger partial charge in [0.05, 0.1) is 6.10 Å². The summed E-state index contributed by atoms with van der Waals surface area (Å²) in [5, 5.41) is 18.5. The summed E-state index contributed by atoms with van der Waals surface area (Å²) in [6.07, 6.45) is 1.18. The average Bonchev–Trinajstić information content (AvgIpc) is 2.60.